The maximum atomic E-state index is 12.2. The Hall–Kier alpha value is -0.870. The molecule has 114 valence electrons. The lowest BCUT2D eigenvalue weighted by molar-refractivity contribution is 0.181. The number of unbranched alkanes of at least 4 members (excludes halogenated alkanes) is 1. The van der Waals surface area contributed by atoms with Crippen molar-refractivity contribution >= 4 is 9.84 Å². The maximum Gasteiger partial charge on any atom is 0.178 e. The Balaban J connectivity index is 2.69. The second-order valence-corrected chi connectivity index (χ2v) is 8.55. The zero-order valence-electron chi connectivity index (χ0n) is 12.9. The van der Waals surface area contributed by atoms with Crippen LogP contribution in [0.25, 0.3) is 0 Å². The summed E-state index contributed by atoms with van der Waals surface area (Å²) in [5.41, 5.74) is 1.16. The summed E-state index contributed by atoms with van der Waals surface area (Å²) in [7, 11) is -3.20. The van der Waals surface area contributed by atoms with E-state index in [0.717, 1.165) is 12.0 Å². The van der Waals surface area contributed by atoms with Gasteiger partial charge in [0.1, 0.15) is 0 Å². The third-order valence-corrected chi connectivity index (χ3v) is 5.18. The number of rotatable bonds is 6. The standard InChI is InChI=1S/C16H26O3S/c1-13(17)7-5-6-12-20(18,19)15-10-8-14(9-11-15)16(2,3)4/h8-11,13,17H,5-7,12H2,1-4H3. The van der Waals surface area contributed by atoms with Gasteiger partial charge < -0.3 is 5.11 Å². The number of benzene rings is 1. The fourth-order valence-corrected chi connectivity index (χ4v) is 3.38. The first-order valence-electron chi connectivity index (χ1n) is 7.14. The second kappa shape index (κ2) is 6.72. The van der Waals surface area contributed by atoms with Crippen molar-refractivity contribution < 1.29 is 13.5 Å². The van der Waals surface area contributed by atoms with Gasteiger partial charge in [-0.05, 0) is 49.3 Å². The van der Waals surface area contributed by atoms with Crippen LogP contribution < -0.4 is 0 Å². The van der Waals surface area contributed by atoms with Crippen LogP contribution in [0.4, 0.5) is 0 Å². The van der Waals surface area contributed by atoms with E-state index in [-0.39, 0.29) is 17.3 Å². The van der Waals surface area contributed by atoms with E-state index in [1.165, 1.54) is 0 Å². The number of sulfone groups is 1. The molecule has 0 aromatic heterocycles. The maximum absolute atomic E-state index is 12.2. The monoisotopic (exact) mass is 298 g/mol. The van der Waals surface area contributed by atoms with Crippen LogP contribution in [0.2, 0.25) is 0 Å². The van der Waals surface area contributed by atoms with E-state index >= 15 is 0 Å². The molecule has 0 amide bonds. The summed E-state index contributed by atoms with van der Waals surface area (Å²) in [6.07, 6.45) is 1.62. The molecule has 0 bridgehead atoms. The highest BCUT2D eigenvalue weighted by Gasteiger charge is 2.17. The van der Waals surface area contributed by atoms with E-state index in [0.29, 0.717) is 17.7 Å². The van der Waals surface area contributed by atoms with Crippen LogP contribution in [0.3, 0.4) is 0 Å². The van der Waals surface area contributed by atoms with E-state index in [2.05, 4.69) is 20.8 Å². The molecular formula is C16H26O3S. The molecule has 1 N–H and O–H groups in total. The zero-order chi connectivity index (χ0) is 15.4. The Bertz CT molecular complexity index is 508. The van der Waals surface area contributed by atoms with Crippen molar-refractivity contribution in [2.45, 2.75) is 63.4 Å². The first-order valence-corrected chi connectivity index (χ1v) is 8.79. The van der Waals surface area contributed by atoms with Crippen LogP contribution in [0.1, 0.15) is 52.5 Å². The van der Waals surface area contributed by atoms with Gasteiger partial charge in [0, 0.05) is 0 Å². The molecular weight excluding hydrogens is 272 g/mol. The highest BCUT2D eigenvalue weighted by molar-refractivity contribution is 7.91. The average molecular weight is 298 g/mol. The Morgan fingerprint density at radius 2 is 1.65 bits per heavy atom. The van der Waals surface area contributed by atoms with Crippen LogP contribution in [0.5, 0.6) is 0 Å². The van der Waals surface area contributed by atoms with Gasteiger partial charge in [0.2, 0.25) is 0 Å². The molecule has 4 heteroatoms. The number of aliphatic hydroxyl groups is 1. The lowest BCUT2D eigenvalue weighted by atomic mass is 9.87. The second-order valence-electron chi connectivity index (χ2n) is 6.44. The van der Waals surface area contributed by atoms with Crippen LogP contribution in [-0.2, 0) is 15.3 Å². The van der Waals surface area contributed by atoms with Gasteiger partial charge >= 0.3 is 0 Å². The Morgan fingerprint density at radius 3 is 2.10 bits per heavy atom. The Morgan fingerprint density at radius 1 is 1.10 bits per heavy atom. The molecule has 1 aromatic carbocycles. The molecule has 1 rings (SSSR count). The van der Waals surface area contributed by atoms with Crippen LogP contribution in [-0.4, -0.2) is 25.4 Å². The van der Waals surface area contributed by atoms with Crippen molar-refractivity contribution in [3.05, 3.63) is 29.8 Å². The predicted octanol–water partition coefficient (Wildman–Crippen LogP) is 3.31. The van der Waals surface area contributed by atoms with E-state index in [4.69, 9.17) is 5.11 Å². The van der Waals surface area contributed by atoms with Gasteiger partial charge in [-0.1, -0.05) is 32.9 Å². The smallest absolute Gasteiger partial charge is 0.178 e. The van der Waals surface area contributed by atoms with Gasteiger partial charge in [-0.2, -0.15) is 0 Å². The van der Waals surface area contributed by atoms with Crippen molar-refractivity contribution in [3.63, 3.8) is 0 Å². The molecule has 0 saturated carbocycles. The molecule has 3 nitrogen and oxygen atoms in total. The molecule has 1 aromatic rings. The highest BCUT2D eigenvalue weighted by atomic mass is 32.2. The molecule has 0 fully saturated rings. The summed E-state index contributed by atoms with van der Waals surface area (Å²) in [6.45, 7) is 8.03. The van der Waals surface area contributed by atoms with E-state index in [1.54, 1.807) is 19.1 Å². The third kappa shape index (κ3) is 5.25. The van der Waals surface area contributed by atoms with Crippen molar-refractivity contribution in [1.82, 2.24) is 0 Å². The molecule has 0 aliphatic heterocycles. The largest absolute Gasteiger partial charge is 0.393 e. The molecule has 0 aliphatic carbocycles. The molecule has 0 saturated heterocycles. The van der Waals surface area contributed by atoms with Gasteiger partial charge in [0.25, 0.3) is 0 Å². The minimum atomic E-state index is -3.20. The molecule has 0 aliphatic rings. The lowest BCUT2D eigenvalue weighted by Crippen LogP contribution is -2.12. The van der Waals surface area contributed by atoms with E-state index in [1.807, 2.05) is 12.1 Å². The van der Waals surface area contributed by atoms with Crippen LogP contribution in [0, 0.1) is 0 Å². The SMILES string of the molecule is CC(O)CCCCS(=O)(=O)c1ccc(C(C)(C)C)cc1. The van der Waals surface area contributed by atoms with Crippen LogP contribution >= 0.6 is 0 Å². The molecule has 0 radical (unpaired) electrons. The van der Waals surface area contributed by atoms with Gasteiger partial charge in [0.15, 0.2) is 9.84 Å². The van der Waals surface area contributed by atoms with Crippen molar-refractivity contribution in [1.29, 1.82) is 0 Å². The summed E-state index contributed by atoms with van der Waals surface area (Å²) in [5, 5.41) is 9.16. The molecule has 1 unspecified atom stereocenters. The lowest BCUT2D eigenvalue weighted by Gasteiger charge is -2.19. The highest BCUT2D eigenvalue weighted by Crippen LogP contribution is 2.24. The quantitative estimate of drug-likeness (QED) is 0.820. The minimum Gasteiger partial charge on any atom is -0.393 e. The molecule has 0 spiro atoms. The summed E-state index contributed by atoms with van der Waals surface area (Å²) >= 11 is 0. The number of hydrogen-bond acceptors (Lipinski definition) is 3. The average Bonchev–Trinajstić information content (AvgIpc) is 2.34. The normalized spacial score (nSPS) is 14.2. The van der Waals surface area contributed by atoms with Crippen molar-refractivity contribution in [3.8, 4) is 0 Å². The van der Waals surface area contributed by atoms with Gasteiger partial charge in [0.05, 0.1) is 16.8 Å². The summed E-state index contributed by atoms with van der Waals surface area (Å²) < 4.78 is 24.4. The number of aliphatic hydroxyl groups excluding tert-OH is 1. The van der Waals surface area contributed by atoms with E-state index < -0.39 is 9.84 Å². The topological polar surface area (TPSA) is 54.4 Å². The van der Waals surface area contributed by atoms with Gasteiger partial charge in [-0.3, -0.25) is 0 Å². The van der Waals surface area contributed by atoms with Gasteiger partial charge in [-0.25, -0.2) is 8.42 Å². The summed E-state index contributed by atoms with van der Waals surface area (Å²) in [6, 6.07) is 7.18. The molecule has 0 heterocycles. The molecule has 20 heavy (non-hydrogen) atoms. The summed E-state index contributed by atoms with van der Waals surface area (Å²) in [5.74, 6) is 0.147. The minimum absolute atomic E-state index is 0.0273. The third-order valence-electron chi connectivity index (χ3n) is 3.36. The summed E-state index contributed by atoms with van der Waals surface area (Å²) in [4.78, 5) is 0.391. The van der Waals surface area contributed by atoms with Crippen LogP contribution in [0.15, 0.2) is 29.2 Å². The van der Waals surface area contributed by atoms with Crippen molar-refractivity contribution in [2.24, 2.45) is 0 Å². The fraction of sp³-hybridized carbons (Fsp3) is 0.625. The molecule has 1 atom stereocenters. The zero-order valence-corrected chi connectivity index (χ0v) is 13.7. The first kappa shape index (κ1) is 17.2. The van der Waals surface area contributed by atoms with Gasteiger partial charge in [-0.15, -0.1) is 0 Å². The fourth-order valence-electron chi connectivity index (χ4n) is 2.01. The predicted molar refractivity (Wildman–Crippen MR) is 82.7 cm³/mol. The van der Waals surface area contributed by atoms with Crippen molar-refractivity contribution in [2.75, 3.05) is 5.75 Å². The number of hydrogen-bond donors (Lipinski definition) is 1. The first-order chi connectivity index (χ1) is 9.13. The van der Waals surface area contributed by atoms with E-state index in [9.17, 15) is 8.42 Å². The Kier molecular flexibility index (Phi) is 5.78. The Labute approximate surface area is 123 Å².